The Kier molecular flexibility index (Phi) is 15.4. The highest BCUT2D eigenvalue weighted by atomic mass is 35.5. The maximum atomic E-state index is 2.50. The molecule has 0 fully saturated rings. The van der Waals surface area contributed by atoms with Crippen molar-refractivity contribution in [3.63, 3.8) is 0 Å². The topological polar surface area (TPSA) is 8.81 Å². The highest BCUT2D eigenvalue weighted by Crippen LogP contribution is 2.45. The quantitative estimate of drug-likeness (QED) is 0.0674. The highest BCUT2D eigenvalue weighted by molar-refractivity contribution is 5.64. The molecule has 0 saturated heterocycles. The molecule has 0 spiro atoms. The van der Waals surface area contributed by atoms with Crippen molar-refractivity contribution in [2.75, 3.05) is 0 Å². The van der Waals surface area contributed by atoms with Crippen molar-refractivity contribution in [1.29, 1.82) is 0 Å². The summed E-state index contributed by atoms with van der Waals surface area (Å²) < 4.78 is 4.90. The van der Waals surface area contributed by atoms with Crippen LogP contribution in [0.2, 0.25) is 0 Å². The van der Waals surface area contributed by atoms with Crippen LogP contribution in [0.15, 0.2) is 286 Å². The monoisotopic (exact) mass is 976 g/mol. The Morgan fingerprint density at radius 1 is 0.324 bits per heavy atom. The number of imidazole rings is 1. The van der Waals surface area contributed by atoms with E-state index in [1.165, 1.54) is 89.3 Å². The molecule has 0 saturated carbocycles. The van der Waals surface area contributed by atoms with Gasteiger partial charge in [0.1, 0.15) is 23.8 Å². The van der Waals surface area contributed by atoms with E-state index in [-0.39, 0.29) is 36.1 Å². The second kappa shape index (κ2) is 23.1. The third-order valence-corrected chi connectivity index (χ3v) is 14.7. The molecule has 1 aromatic heterocycles. The number of nitrogens with zero attached hydrogens (tertiary/aromatic N) is 2. The molecule has 10 aromatic carbocycles. The predicted octanol–water partition coefficient (Wildman–Crippen LogP) is 13.6. The molecule has 0 radical (unpaired) electrons. The molecular formula is C71H61ClN2. The number of aromatic nitrogens is 2. The number of hydrogen-bond donors (Lipinski definition) is 0. The first kappa shape index (κ1) is 49.3. The first-order chi connectivity index (χ1) is 36.2. The third-order valence-electron chi connectivity index (χ3n) is 14.7. The first-order valence-corrected chi connectivity index (χ1v) is 26.0. The van der Waals surface area contributed by atoms with Crippen molar-refractivity contribution in [1.82, 2.24) is 4.57 Å². The number of rotatable bonds is 16. The normalized spacial score (nSPS) is 11.3. The Labute approximate surface area is 444 Å². The van der Waals surface area contributed by atoms with E-state index < -0.39 is 0 Å². The van der Waals surface area contributed by atoms with Gasteiger partial charge in [0.2, 0.25) is 0 Å². The van der Waals surface area contributed by atoms with E-state index in [0.717, 1.165) is 12.8 Å². The van der Waals surface area contributed by atoms with Gasteiger partial charge in [0, 0.05) is 45.9 Å². The summed E-state index contributed by atoms with van der Waals surface area (Å²) in [6.07, 6.45) is 8.80. The summed E-state index contributed by atoms with van der Waals surface area (Å²) in [5, 5.41) is 0. The van der Waals surface area contributed by atoms with Crippen molar-refractivity contribution in [3.8, 4) is 11.4 Å². The summed E-state index contributed by atoms with van der Waals surface area (Å²) in [4.78, 5) is 0. The van der Waals surface area contributed by atoms with Crippen LogP contribution in [-0.2, 0) is 12.8 Å². The van der Waals surface area contributed by atoms with Gasteiger partial charge in [0.05, 0.1) is 0 Å². The van der Waals surface area contributed by atoms with Crippen molar-refractivity contribution in [2.45, 2.75) is 50.4 Å². The van der Waals surface area contributed by atoms with Gasteiger partial charge >= 0.3 is 0 Å². The van der Waals surface area contributed by atoms with E-state index >= 15 is 0 Å². The minimum Gasteiger partial charge on any atom is -1.00 e. The van der Waals surface area contributed by atoms with Gasteiger partial charge < -0.3 is 12.4 Å². The van der Waals surface area contributed by atoms with Gasteiger partial charge in [-0.05, 0) is 68.5 Å². The van der Waals surface area contributed by atoms with Crippen LogP contribution in [-0.4, -0.2) is 4.57 Å². The maximum Gasteiger partial charge on any atom is 0.254 e. The molecular weight excluding hydrogens is 916 g/mol. The van der Waals surface area contributed by atoms with Crippen molar-refractivity contribution in [3.05, 3.63) is 364 Å². The van der Waals surface area contributed by atoms with Gasteiger partial charge in [0.15, 0.2) is 0 Å². The van der Waals surface area contributed by atoms with Gasteiger partial charge in [0.25, 0.3) is 6.33 Å². The lowest BCUT2D eigenvalue weighted by Gasteiger charge is -2.27. The fourth-order valence-corrected chi connectivity index (χ4v) is 11.4. The molecule has 11 rings (SSSR count). The molecule has 362 valence electrons. The Hall–Kier alpha value is -8.30. The number of aryl methyl sites for hydroxylation is 2. The molecule has 0 N–H and O–H groups in total. The Balaban J connectivity index is 0.00000626. The van der Waals surface area contributed by atoms with E-state index in [9.17, 15) is 0 Å². The lowest BCUT2D eigenvalue weighted by Crippen LogP contribution is -3.00. The van der Waals surface area contributed by atoms with Gasteiger partial charge in [-0.2, -0.15) is 0 Å². The smallest absolute Gasteiger partial charge is 0.254 e. The molecule has 0 aliphatic heterocycles. The summed E-state index contributed by atoms with van der Waals surface area (Å²) >= 11 is 0. The van der Waals surface area contributed by atoms with Crippen molar-refractivity contribution in [2.24, 2.45) is 0 Å². The summed E-state index contributed by atoms with van der Waals surface area (Å²) in [6, 6.07) is 98.8. The molecule has 0 amide bonds. The second-order valence-electron chi connectivity index (χ2n) is 19.2. The number of halogens is 1. The molecule has 0 aliphatic carbocycles. The van der Waals surface area contributed by atoms with E-state index in [1.54, 1.807) is 0 Å². The predicted molar refractivity (Wildman–Crippen MR) is 301 cm³/mol. The van der Waals surface area contributed by atoms with Crippen LogP contribution in [0.25, 0.3) is 11.4 Å². The zero-order valence-electron chi connectivity index (χ0n) is 42.1. The van der Waals surface area contributed by atoms with Crippen LogP contribution < -0.4 is 17.0 Å². The standard InChI is InChI=1S/C71H61N2.ClH/c1-3-52-47-62(66(54-29-13-5-14-30-54)55-31-15-6-16-32-55)70(63(48-52)67(56-33-17-7-18-34-56)57-35-19-8-20-36-57)72-45-46-73(51-72)71-64(68(58-37-21-9-22-38-58)59-39-23-10-24-40-59)49-53(4-2)50-65(71)69(60-41-25-11-26-42-60)61-43-27-12-28-44-61;/h5-51,66-69H,3-4H2,1-2H3;1H/q+1;/p-1. The Morgan fingerprint density at radius 3 is 0.797 bits per heavy atom. The molecule has 2 nitrogen and oxygen atoms in total. The van der Waals surface area contributed by atoms with Crippen molar-refractivity contribution >= 4 is 0 Å². The first-order valence-electron chi connectivity index (χ1n) is 26.0. The fourth-order valence-electron chi connectivity index (χ4n) is 11.4. The zero-order valence-corrected chi connectivity index (χ0v) is 42.9. The number of benzene rings is 10. The van der Waals surface area contributed by atoms with Gasteiger partial charge in [-0.15, -0.1) is 0 Å². The molecule has 74 heavy (non-hydrogen) atoms. The lowest BCUT2D eigenvalue weighted by molar-refractivity contribution is -0.595. The summed E-state index contributed by atoms with van der Waals surface area (Å²) in [5.74, 6) is -0.216. The Morgan fingerprint density at radius 2 is 0.554 bits per heavy atom. The minimum absolute atomic E-state index is 0. The maximum absolute atomic E-state index is 2.50. The molecule has 0 atom stereocenters. The highest BCUT2D eigenvalue weighted by Gasteiger charge is 2.34. The van der Waals surface area contributed by atoms with E-state index in [4.69, 9.17) is 0 Å². The summed E-state index contributed by atoms with van der Waals surface area (Å²) in [6.45, 7) is 4.59. The summed E-state index contributed by atoms with van der Waals surface area (Å²) in [5.41, 5.74) is 20.1. The largest absolute Gasteiger partial charge is 1.00 e. The SMILES string of the molecule is CCc1cc(C(c2ccccc2)c2ccccc2)c(-n2cc[n+](-c3c(C(c4ccccc4)c4ccccc4)cc(CC)cc3C(c3ccccc3)c3ccccc3)c2)c(C(c2ccccc2)c2ccccc2)c1.[Cl-]. The van der Waals surface area contributed by atoms with Crippen LogP contribution in [0.5, 0.6) is 0 Å². The van der Waals surface area contributed by atoms with Gasteiger partial charge in [-0.3, -0.25) is 0 Å². The van der Waals surface area contributed by atoms with Crippen LogP contribution in [0, 0.1) is 0 Å². The van der Waals surface area contributed by atoms with E-state index in [2.05, 4.69) is 309 Å². The average molecular weight is 978 g/mol. The minimum atomic E-state index is -0.0539. The summed E-state index contributed by atoms with van der Waals surface area (Å²) in [7, 11) is 0. The van der Waals surface area contributed by atoms with E-state index in [0.29, 0.717) is 0 Å². The Bertz CT molecular complexity index is 2910. The van der Waals surface area contributed by atoms with Crippen LogP contribution in [0.1, 0.15) is 115 Å². The average Bonchev–Trinajstić information content (AvgIpc) is 3.95. The van der Waals surface area contributed by atoms with E-state index in [1.807, 2.05) is 0 Å². The molecule has 11 aromatic rings. The lowest BCUT2D eigenvalue weighted by atomic mass is 9.77. The molecule has 0 unspecified atom stereocenters. The van der Waals surface area contributed by atoms with Crippen LogP contribution >= 0.6 is 0 Å². The molecule has 3 heteroatoms. The molecule has 0 aliphatic rings. The van der Waals surface area contributed by atoms with Crippen LogP contribution in [0.3, 0.4) is 0 Å². The van der Waals surface area contributed by atoms with Crippen molar-refractivity contribution < 1.29 is 17.0 Å². The zero-order chi connectivity index (χ0) is 49.3. The van der Waals surface area contributed by atoms with Crippen LogP contribution in [0.4, 0.5) is 0 Å². The number of hydrogen-bond acceptors (Lipinski definition) is 0. The molecule has 0 bridgehead atoms. The fraction of sp³-hybridized carbons (Fsp3) is 0.113. The van der Waals surface area contributed by atoms with Gasteiger partial charge in [-0.1, -0.05) is 281 Å². The van der Waals surface area contributed by atoms with Gasteiger partial charge in [-0.25, -0.2) is 9.13 Å². The second-order valence-corrected chi connectivity index (χ2v) is 19.2. The molecule has 1 heterocycles. The third kappa shape index (κ3) is 10.2.